The lowest BCUT2D eigenvalue weighted by Gasteiger charge is -2.42. The molecule has 7 heteroatoms. The van der Waals surface area contributed by atoms with E-state index < -0.39 is 0 Å². The number of morpholine rings is 1. The molecule has 3 fully saturated rings. The van der Waals surface area contributed by atoms with E-state index in [4.69, 9.17) is 19.2 Å². The molecule has 6 nitrogen and oxygen atoms in total. The van der Waals surface area contributed by atoms with Gasteiger partial charge in [0.2, 0.25) is 0 Å². The smallest absolute Gasteiger partial charge is 0.194 e. The number of halogens is 1. The molecule has 152 valence electrons. The Bertz CT molecular complexity index is 440. The molecule has 3 rings (SSSR count). The Morgan fingerprint density at radius 3 is 2.65 bits per heavy atom. The quantitative estimate of drug-likeness (QED) is 0.344. The van der Waals surface area contributed by atoms with Crippen molar-refractivity contribution in [1.82, 2.24) is 10.2 Å². The third kappa shape index (κ3) is 5.69. The predicted octanol–water partition coefficient (Wildman–Crippen LogP) is 2.66. The summed E-state index contributed by atoms with van der Waals surface area (Å²) in [4.78, 5) is 7.39. The summed E-state index contributed by atoms with van der Waals surface area (Å²) >= 11 is 0. The summed E-state index contributed by atoms with van der Waals surface area (Å²) in [5.74, 6) is 1.04. The molecule has 2 heterocycles. The van der Waals surface area contributed by atoms with Gasteiger partial charge < -0.3 is 24.4 Å². The monoisotopic (exact) mass is 481 g/mol. The second-order valence-electron chi connectivity index (χ2n) is 7.67. The van der Waals surface area contributed by atoms with Gasteiger partial charge in [-0.05, 0) is 44.4 Å². The summed E-state index contributed by atoms with van der Waals surface area (Å²) in [5.41, 5.74) is 0.358. The largest absolute Gasteiger partial charge is 0.385 e. The Balaban J connectivity index is 0.00000243. The highest BCUT2D eigenvalue weighted by molar-refractivity contribution is 14.0. The number of aliphatic imine (C=N–C) groups is 1. The van der Waals surface area contributed by atoms with Crippen molar-refractivity contribution in [2.75, 3.05) is 53.1 Å². The molecule has 1 saturated carbocycles. The fourth-order valence-corrected chi connectivity index (χ4v) is 4.14. The summed E-state index contributed by atoms with van der Waals surface area (Å²) in [6.07, 6.45) is 7.70. The lowest BCUT2D eigenvalue weighted by molar-refractivity contribution is -0.0817. The summed E-state index contributed by atoms with van der Waals surface area (Å²) in [5, 5.41) is 3.49. The number of hydrogen-bond donors (Lipinski definition) is 1. The second kappa shape index (κ2) is 11.0. The molecule has 0 radical (unpaired) electrons. The molecule has 2 atom stereocenters. The van der Waals surface area contributed by atoms with Crippen LogP contribution >= 0.6 is 24.0 Å². The van der Waals surface area contributed by atoms with Crippen molar-refractivity contribution >= 4 is 29.9 Å². The zero-order valence-corrected chi connectivity index (χ0v) is 18.7. The maximum Gasteiger partial charge on any atom is 0.194 e. The Morgan fingerprint density at radius 1 is 1.23 bits per heavy atom. The van der Waals surface area contributed by atoms with E-state index in [1.165, 1.54) is 19.3 Å². The normalized spacial score (nSPS) is 28.4. The molecule has 1 N–H and O–H groups in total. The van der Waals surface area contributed by atoms with Crippen LogP contribution in [0.25, 0.3) is 0 Å². The molecule has 2 unspecified atom stereocenters. The van der Waals surface area contributed by atoms with Gasteiger partial charge in [-0.3, -0.25) is 4.99 Å². The Hall–Kier alpha value is -0.120. The Labute approximate surface area is 175 Å². The van der Waals surface area contributed by atoms with E-state index in [0.717, 1.165) is 71.2 Å². The van der Waals surface area contributed by atoms with Crippen LogP contribution in [0.4, 0.5) is 0 Å². The van der Waals surface area contributed by atoms with E-state index in [1.54, 1.807) is 7.11 Å². The maximum absolute atomic E-state index is 5.99. The van der Waals surface area contributed by atoms with Crippen molar-refractivity contribution in [3.05, 3.63) is 0 Å². The van der Waals surface area contributed by atoms with Crippen LogP contribution in [0.15, 0.2) is 4.99 Å². The van der Waals surface area contributed by atoms with Crippen LogP contribution in [0.3, 0.4) is 0 Å². The second-order valence-corrected chi connectivity index (χ2v) is 7.67. The van der Waals surface area contributed by atoms with E-state index in [-0.39, 0.29) is 36.2 Å². The topological polar surface area (TPSA) is 55.3 Å². The first-order valence-corrected chi connectivity index (χ1v) is 10.0. The van der Waals surface area contributed by atoms with Crippen LogP contribution in [0, 0.1) is 5.41 Å². The molecule has 3 aliphatic rings. The van der Waals surface area contributed by atoms with Crippen LogP contribution in [0.1, 0.15) is 45.4 Å². The van der Waals surface area contributed by atoms with Gasteiger partial charge in [0, 0.05) is 46.5 Å². The molecule has 0 amide bonds. The summed E-state index contributed by atoms with van der Waals surface area (Å²) < 4.78 is 17.1. The fourth-order valence-electron chi connectivity index (χ4n) is 4.14. The van der Waals surface area contributed by atoms with E-state index in [2.05, 4.69) is 17.1 Å². The number of ether oxygens (including phenoxy) is 3. The minimum absolute atomic E-state index is 0. The van der Waals surface area contributed by atoms with Crippen LogP contribution < -0.4 is 5.32 Å². The number of nitrogens with one attached hydrogen (secondary N) is 1. The molecule has 26 heavy (non-hydrogen) atoms. The van der Waals surface area contributed by atoms with Crippen LogP contribution in [-0.2, 0) is 14.2 Å². The summed E-state index contributed by atoms with van der Waals surface area (Å²) in [7, 11) is 1.79. The van der Waals surface area contributed by atoms with Gasteiger partial charge in [0.1, 0.15) is 6.10 Å². The minimum Gasteiger partial charge on any atom is -0.385 e. The Kier molecular flexibility index (Phi) is 9.40. The molecule has 0 aromatic carbocycles. The van der Waals surface area contributed by atoms with Crippen molar-refractivity contribution in [2.45, 2.75) is 57.7 Å². The van der Waals surface area contributed by atoms with Gasteiger partial charge in [-0.25, -0.2) is 0 Å². The zero-order chi connectivity index (χ0) is 17.5. The van der Waals surface area contributed by atoms with Crippen LogP contribution in [0.5, 0.6) is 0 Å². The average molecular weight is 481 g/mol. The van der Waals surface area contributed by atoms with Crippen molar-refractivity contribution in [3.63, 3.8) is 0 Å². The van der Waals surface area contributed by atoms with Crippen LogP contribution in [0.2, 0.25) is 0 Å². The molecule has 0 aromatic rings. The number of nitrogens with zero attached hydrogens (tertiary/aromatic N) is 2. The van der Waals surface area contributed by atoms with Crippen molar-refractivity contribution in [3.8, 4) is 0 Å². The fraction of sp³-hybridized carbons (Fsp3) is 0.947. The molecule has 2 saturated heterocycles. The summed E-state index contributed by atoms with van der Waals surface area (Å²) in [6, 6.07) is 0. The average Bonchev–Trinajstić information content (AvgIpc) is 3.14. The van der Waals surface area contributed by atoms with E-state index in [0.29, 0.717) is 5.41 Å². The lowest BCUT2D eigenvalue weighted by atomic mass is 9.67. The standard InChI is InChI=1S/C19H35N3O3.HI/c1-3-20-18(21-15-19(7-5-8-19)9-12-23-2)22-10-13-25-17(14-22)16-6-4-11-24-16;/h16-17H,3-15H2,1-2H3,(H,20,21);1H. The van der Waals surface area contributed by atoms with Gasteiger partial charge in [-0.1, -0.05) is 6.42 Å². The highest BCUT2D eigenvalue weighted by Crippen LogP contribution is 2.44. The predicted molar refractivity (Wildman–Crippen MR) is 114 cm³/mol. The van der Waals surface area contributed by atoms with Crippen molar-refractivity contribution in [2.24, 2.45) is 10.4 Å². The number of methoxy groups -OCH3 is 1. The SMILES string of the molecule is CCNC(=NCC1(CCOC)CCC1)N1CCOC(C2CCCO2)C1.I. The first-order chi connectivity index (χ1) is 12.3. The zero-order valence-electron chi connectivity index (χ0n) is 16.4. The van der Waals surface area contributed by atoms with Crippen LogP contribution in [-0.4, -0.2) is 76.2 Å². The van der Waals surface area contributed by atoms with Gasteiger partial charge in [0.05, 0.1) is 12.7 Å². The minimum atomic E-state index is 0. The third-order valence-electron chi connectivity index (χ3n) is 5.92. The molecule has 1 aliphatic carbocycles. The molecule has 0 spiro atoms. The maximum atomic E-state index is 5.99. The molecular formula is C19H36IN3O3. The third-order valence-corrected chi connectivity index (χ3v) is 5.92. The number of hydrogen-bond acceptors (Lipinski definition) is 4. The highest BCUT2D eigenvalue weighted by Gasteiger charge is 2.37. The van der Waals surface area contributed by atoms with E-state index in [9.17, 15) is 0 Å². The van der Waals surface area contributed by atoms with Gasteiger partial charge in [-0.2, -0.15) is 0 Å². The first-order valence-electron chi connectivity index (χ1n) is 10.0. The van der Waals surface area contributed by atoms with Gasteiger partial charge in [0.15, 0.2) is 5.96 Å². The Morgan fingerprint density at radius 2 is 2.04 bits per heavy atom. The van der Waals surface area contributed by atoms with Crippen molar-refractivity contribution < 1.29 is 14.2 Å². The van der Waals surface area contributed by atoms with Gasteiger partial charge in [0.25, 0.3) is 0 Å². The molecule has 2 aliphatic heterocycles. The van der Waals surface area contributed by atoms with Crippen molar-refractivity contribution in [1.29, 1.82) is 0 Å². The lowest BCUT2D eigenvalue weighted by Crippen LogP contribution is -2.53. The number of rotatable bonds is 7. The molecular weight excluding hydrogens is 445 g/mol. The highest BCUT2D eigenvalue weighted by atomic mass is 127. The van der Waals surface area contributed by atoms with E-state index in [1.807, 2.05) is 0 Å². The van der Waals surface area contributed by atoms with Gasteiger partial charge >= 0.3 is 0 Å². The molecule has 0 aromatic heterocycles. The summed E-state index contributed by atoms with van der Waals surface area (Å²) in [6.45, 7) is 8.18. The van der Waals surface area contributed by atoms with E-state index >= 15 is 0 Å². The first kappa shape index (κ1) is 22.2. The number of guanidine groups is 1. The molecule has 0 bridgehead atoms. The van der Waals surface area contributed by atoms with Gasteiger partial charge in [-0.15, -0.1) is 24.0 Å².